The third kappa shape index (κ3) is 5.82. The molecule has 0 amide bonds. The fourth-order valence-corrected chi connectivity index (χ4v) is 4.13. The Kier molecular flexibility index (Phi) is 6.85. The van der Waals surface area contributed by atoms with Crippen LogP contribution in [0.3, 0.4) is 0 Å². The van der Waals surface area contributed by atoms with Crippen molar-refractivity contribution in [3.05, 3.63) is 101 Å². The molecule has 0 unspecified atom stereocenters. The van der Waals surface area contributed by atoms with Crippen LogP contribution in [0.4, 0.5) is 26.3 Å². The molecule has 1 aliphatic rings. The van der Waals surface area contributed by atoms with Gasteiger partial charge >= 0.3 is 12.4 Å². The Labute approximate surface area is 198 Å². The summed E-state index contributed by atoms with van der Waals surface area (Å²) in [7, 11) is 0. The summed E-state index contributed by atoms with van der Waals surface area (Å²) in [5.41, 5.74) is -0.0237. The van der Waals surface area contributed by atoms with Gasteiger partial charge in [-0.05, 0) is 46.9 Å². The minimum absolute atomic E-state index is 0.00119. The number of carbonyl (C=O) groups is 1. The summed E-state index contributed by atoms with van der Waals surface area (Å²) in [5, 5.41) is 0. The molecule has 3 aromatic carbocycles. The monoisotopic (exact) mass is 489 g/mol. The van der Waals surface area contributed by atoms with Crippen LogP contribution in [0.2, 0.25) is 0 Å². The van der Waals surface area contributed by atoms with Crippen molar-refractivity contribution in [1.29, 1.82) is 0 Å². The lowest BCUT2D eigenvalue weighted by atomic mass is 9.95. The predicted octanol–water partition coefficient (Wildman–Crippen LogP) is 7.36. The summed E-state index contributed by atoms with van der Waals surface area (Å²) < 4.78 is 80.2. The highest BCUT2D eigenvalue weighted by atomic mass is 19.4. The van der Waals surface area contributed by atoms with Gasteiger partial charge in [-0.1, -0.05) is 60.7 Å². The molecule has 8 heteroatoms. The maximum atomic E-state index is 13.7. The molecule has 0 bridgehead atoms. The fourth-order valence-electron chi connectivity index (χ4n) is 4.13. The van der Waals surface area contributed by atoms with Crippen molar-refractivity contribution in [3.63, 3.8) is 0 Å². The topological polar surface area (TPSA) is 20.3 Å². The molecule has 0 radical (unpaired) electrons. The first-order valence-electron chi connectivity index (χ1n) is 10.9. The molecular weight excluding hydrogens is 468 g/mol. The van der Waals surface area contributed by atoms with Crippen LogP contribution in [-0.4, -0.2) is 30.3 Å². The van der Waals surface area contributed by atoms with Gasteiger partial charge in [0.05, 0.1) is 17.7 Å². The number of nitrogens with zero attached hydrogens (tertiary/aromatic N) is 1. The Morgan fingerprint density at radius 1 is 0.800 bits per heavy atom. The van der Waals surface area contributed by atoms with Crippen LogP contribution in [0.1, 0.15) is 33.5 Å². The third-order valence-corrected chi connectivity index (χ3v) is 5.95. The van der Waals surface area contributed by atoms with E-state index >= 15 is 0 Å². The Balaban J connectivity index is 1.49. The first-order valence-corrected chi connectivity index (χ1v) is 10.9. The van der Waals surface area contributed by atoms with Gasteiger partial charge in [-0.15, -0.1) is 0 Å². The second-order valence-electron chi connectivity index (χ2n) is 8.34. The molecule has 0 saturated heterocycles. The van der Waals surface area contributed by atoms with Crippen molar-refractivity contribution in [2.24, 2.45) is 0 Å². The quantitative estimate of drug-likeness (QED) is 0.276. The highest BCUT2D eigenvalue weighted by Gasteiger charge is 2.35. The number of carbonyl (C=O) groups excluding carboxylic acids is 1. The van der Waals surface area contributed by atoms with E-state index < -0.39 is 29.3 Å². The van der Waals surface area contributed by atoms with E-state index in [1.165, 1.54) is 18.2 Å². The Morgan fingerprint density at radius 2 is 1.51 bits per heavy atom. The minimum atomic E-state index is -4.63. The maximum Gasteiger partial charge on any atom is 0.417 e. The highest BCUT2D eigenvalue weighted by Crippen LogP contribution is 2.38. The number of alkyl halides is 6. The van der Waals surface area contributed by atoms with Crippen molar-refractivity contribution in [1.82, 2.24) is 4.90 Å². The molecule has 0 aliphatic carbocycles. The summed E-state index contributed by atoms with van der Waals surface area (Å²) >= 11 is 0. The molecule has 1 heterocycles. The van der Waals surface area contributed by atoms with Crippen LogP contribution in [0, 0.1) is 0 Å². The van der Waals surface area contributed by atoms with Gasteiger partial charge in [0.15, 0.2) is 5.78 Å². The SMILES string of the molecule is O=C(CN1CC=C(c2cccc(C(F)(F)F)c2)CC1)c1ccc(-c2ccccc2)c(C(F)(F)F)c1. The number of hydrogen-bond acceptors (Lipinski definition) is 2. The average molecular weight is 489 g/mol. The van der Waals surface area contributed by atoms with Gasteiger partial charge in [0, 0.05) is 18.7 Å². The van der Waals surface area contributed by atoms with E-state index in [4.69, 9.17) is 0 Å². The molecule has 0 saturated carbocycles. The third-order valence-electron chi connectivity index (χ3n) is 5.95. The first-order chi connectivity index (χ1) is 16.5. The van der Waals surface area contributed by atoms with Gasteiger partial charge in [-0.25, -0.2) is 0 Å². The molecule has 0 spiro atoms. The molecule has 0 aromatic heterocycles. The predicted molar refractivity (Wildman–Crippen MR) is 122 cm³/mol. The van der Waals surface area contributed by atoms with Crippen LogP contribution in [0.25, 0.3) is 16.7 Å². The Morgan fingerprint density at radius 3 is 2.14 bits per heavy atom. The second-order valence-corrected chi connectivity index (χ2v) is 8.34. The largest absolute Gasteiger partial charge is 0.417 e. The van der Waals surface area contributed by atoms with Crippen LogP contribution in [-0.2, 0) is 12.4 Å². The number of Topliss-reactive ketones (excluding diaryl/α,β-unsaturated/α-hetero) is 1. The van der Waals surface area contributed by atoms with Crippen LogP contribution >= 0.6 is 0 Å². The van der Waals surface area contributed by atoms with Gasteiger partial charge < -0.3 is 0 Å². The van der Waals surface area contributed by atoms with Crippen molar-refractivity contribution in [3.8, 4) is 11.1 Å². The number of rotatable bonds is 5. The Bertz CT molecular complexity index is 1240. The summed E-state index contributed by atoms with van der Waals surface area (Å²) in [6.07, 6.45) is -6.88. The summed E-state index contributed by atoms with van der Waals surface area (Å²) in [4.78, 5) is 14.6. The summed E-state index contributed by atoms with van der Waals surface area (Å²) in [6.45, 7) is 0.627. The van der Waals surface area contributed by atoms with Crippen LogP contribution in [0.15, 0.2) is 78.9 Å². The number of ketones is 1. The second kappa shape index (κ2) is 9.70. The number of hydrogen-bond donors (Lipinski definition) is 0. The average Bonchev–Trinajstić information content (AvgIpc) is 2.84. The zero-order valence-corrected chi connectivity index (χ0v) is 18.5. The lowest BCUT2D eigenvalue weighted by Gasteiger charge is -2.26. The number of halogens is 6. The summed E-state index contributed by atoms with van der Waals surface area (Å²) in [6, 6.07) is 16.8. The molecule has 182 valence electrons. The van der Waals surface area contributed by atoms with E-state index in [1.54, 1.807) is 47.4 Å². The summed E-state index contributed by atoms with van der Waals surface area (Å²) in [5.74, 6) is -0.453. The van der Waals surface area contributed by atoms with E-state index in [9.17, 15) is 31.1 Å². The van der Waals surface area contributed by atoms with Gasteiger partial charge in [0.2, 0.25) is 0 Å². The van der Waals surface area contributed by atoms with Crippen molar-refractivity contribution in [2.45, 2.75) is 18.8 Å². The fraction of sp³-hybridized carbons (Fsp3) is 0.222. The maximum absolute atomic E-state index is 13.7. The van der Waals surface area contributed by atoms with E-state index in [0.717, 1.165) is 23.8 Å². The zero-order chi connectivity index (χ0) is 25.2. The number of benzene rings is 3. The lowest BCUT2D eigenvalue weighted by molar-refractivity contribution is -0.138. The highest BCUT2D eigenvalue weighted by molar-refractivity contribution is 5.98. The molecule has 0 N–H and O–H groups in total. The Hall–Kier alpha value is -3.39. The first kappa shape index (κ1) is 24.7. The lowest BCUT2D eigenvalue weighted by Crippen LogP contribution is -2.33. The smallest absolute Gasteiger partial charge is 0.293 e. The minimum Gasteiger partial charge on any atom is -0.293 e. The van der Waals surface area contributed by atoms with Crippen molar-refractivity contribution >= 4 is 11.4 Å². The molecule has 0 fully saturated rings. The van der Waals surface area contributed by atoms with Gasteiger partial charge in [-0.3, -0.25) is 9.69 Å². The molecular formula is C27H21F6NO. The van der Waals surface area contributed by atoms with Crippen molar-refractivity contribution < 1.29 is 31.1 Å². The molecule has 3 aromatic rings. The van der Waals surface area contributed by atoms with E-state index in [-0.39, 0.29) is 17.7 Å². The standard InChI is InChI=1S/C27H21F6NO/c28-26(29,30)22-8-4-7-20(15-22)18-11-13-34(14-12-18)17-25(35)21-9-10-23(19-5-2-1-3-6-19)24(16-21)27(31,32)33/h1-11,15-16H,12-14,17H2. The zero-order valence-electron chi connectivity index (χ0n) is 18.5. The van der Waals surface area contributed by atoms with Gasteiger partial charge in [-0.2, -0.15) is 26.3 Å². The van der Waals surface area contributed by atoms with E-state index in [2.05, 4.69) is 0 Å². The molecule has 35 heavy (non-hydrogen) atoms. The van der Waals surface area contributed by atoms with E-state index in [1.807, 2.05) is 0 Å². The van der Waals surface area contributed by atoms with Crippen LogP contribution in [0.5, 0.6) is 0 Å². The molecule has 4 rings (SSSR count). The van der Waals surface area contributed by atoms with Crippen molar-refractivity contribution in [2.75, 3.05) is 19.6 Å². The molecule has 2 nitrogen and oxygen atoms in total. The van der Waals surface area contributed by atoms with Gasteiger partial charge in [0.1, 0.15) is 0 Å². The normalized spacial score (nSPS) is 15.1. The molecule has 1 aliphatic heterocycles. The van der Waals surface area contributed by atoms with Crippen LogP contribution < -0.4 is 0 Å². The van der Waals surface area contributed by atoms with Gasteiger partial charge in [0.25, 0.3) is 0 Å². The van der Waals surface area contributed by atoms with E-state index in [0.29, 0.717) is 30.6 Å². The molecule has 0 atom stereocenters.